The second kappa shape index (κ2) is 4.01. The number of nitrogens with zero attached hydrogens (tertiary/aromatic N) is 1. The lowest BCUT2D eigenvalue weighted by Crippen LogP contribution is -3.12. The van der Waals surface area contributed by atoms with Gasteiger partial charge in [0.1, 0.15) is 12.9 Å². The first-order valence-corrected chi connectivity index (χ1v) is 4.03. The van der Waals surface area contributed by atoms with Gasteiger partial charge in [0, 0.05) is 0 Å². The number of esters is 1. The standard InChI is InChI=1S/C8H11N3O3/c1-10-3-4-11(5-6(12)14-2)8(10)7(9)13/h3-4H,5H2,1-2H3,(H-,9,13)/p+1. The van der Waals surface area contributed by atoms with Crippen molar-refractivity contribution in [3.63, 3.8) is 0 Å². The van der Waals surface area contributed by atoms with Crippen molar-refractivity contribution in [1.82, 2.24) is 0 Å². The maximum absolute atomic E-state index is 11.0. The van der Waals surface area contributed by atoms with E-state index in [4.69, 9.17) is 5.41 Å². The first-order chi connectivity index (χ1) is 6.56. The van der Waals surface area contributed by atoms with E-state index in [9.17, 15) is 9.90 Å². The molecule has 0 radical (unpaired) electrons. The van der Waals surface area contributed by atoms with E-state index in [1.807, 2.05) is 0 Å². The Labute approximate surface area is 81.2 Å². The van der Waals surface area contributed by atoms with Crippen LogP contribution in [0.2, 0.25) is 0 Å². The zero-order valence-electron chi connectivity index (χ0n) is 8.03. The number of quaternary nitrogens is 1. The van der Waals surface area contributed by atoms with Crippen molar-refractivity contribution in [2.45, 2.75) is 0 Å². The summed E-state index contributed by atoms with van der Waals surface area (Å²) >= 11 is 0. The summed E-state index contributed by atoms with van der Waals surface area (Å²) in [6.07, 6.45) is 3.28. The molecule has 6 heteroatoms. The van der Waals surface area contributed by atoms with Gasteiger partial charge in [-0.25, -0.2) is 9.69 Å². The first-order valence-electron chi connectivity index (χ1n) is 4.03. The Bertz CT molecular complexity index is 333. The van der Waals surface area contributed by atoms with Gasteiger partial charge >= 0.3 is 11.8 Å². The first kappa shape index (κ1) is 10.4. The minimum atomic E-state index is -0.795. The highest BCUT2D eigenvalue weighted by Crippen LogP contribution is 1.80. The Morgan fingerprint density at radius 2 is 2.43 bits per heavy atom. The number of carbonyl (C=O) groups excluding carboxylic acids is 1. The van der Waals surface area contributed by atoms with Gasteiger partial charge in [-0.2, -0.15) is 0 Å². The Morgan fingerprint density at radius 1 is 1.79 bits per heavy atom. The van der Waals surface area contributed by atoms with Crippen molar-refractivity contribution in [2.75, 3.05) is 20.7 Å². The molecule has 0 aromatic heterocycles. The van der Waals surface area contributed by atoms with E-state index in [2.05, 4.69) is 4.74 Å². The van der Waals surface area contributed by atoms with Gasteiger partial charge in [-0.05, 0) is 0 Å². The van der Waals surface area contributed by atoms with Gasteiger partial charge in [0.05, 0.1) is 7.11 Å². The Hall–Kier alpha value is -1.69. The van der Waals surface area contributed by atoms with Crippen molar-refractivity contribution in [3.8, 4) is 0 Å². The van der Waals surface area contributed by atoms with Gasteiger partial charge in [-0.3, -0.25) is 0 Å². The van der Waals surface area contributed by atoms with Gasteiger partial charge in [-0.1, -0.05) is 0 Å². The monoisotopic (exact) mass is 198 g/mol. The van der Waals surface area contributed by atoms with Crippen LogP contribution in [0.15, 0.2) is 12.4 Å². The number of amidine groups is 1. The number of nitrogens with one attached hydrogen (secondary N) is 2. The average Bonchev–Trinajstić information content (AvgIpc) is 2.46. The number of rotatable bonds is 3. The lowest BCUT2D eigenvalue weighted by Gasteiger charge is -2.09. The molecule has 1 rings (SSSR count). The molecule has 2 N–H and O–H groups in total. The molecular formula is C8H12N3O3+. The molecule has 1 aliphatic heterocycles. The van der Waals surface area contributed by atoms with E-state index in [0.29, 0.717) is 4.90 Å². The summed E-state index contributed by atoms with van der Waals surface area (Å²) in [6.45, 7) is 0.0251. The zero-order valence-corrected chi connectivity index (χ0v) is 8.03. The van der Waals surface area contributed by atoms with Gasteiger partial charge in [-0.15, -0.1) is 4.58 Å². The van der Waals surface area contributed by atoms with E-state index in [-0.39, 0.29) is 12.4 Å². The molecule has 0 fully saturated rings. The van der Waals surface area contributed by atoms with Crippen LogP contribution in [0.1, 0.15) is 0 Å². The van der Waals surface area contributed by atoms with Crippen LogP contribution in [0.3, 0.4) is 0 Å². The molecule has 0 aliphatic carbocycles. The Kier molecular flexibility index (Phi) is 2.98. The molecule has 6 nitrogen and oxygen atoms in total. The summed E-state index contributed by atoms with van der Waals surface area (Å²) in [5, 5.41) is 17.9. The Morgan fingerprint density at radius 3 is 2.93 bits per heavy atom. The lowest BCUT2D eigenvalue weighted by atomic mass is 10.4. The average molecular weight is 198 g/mol. The minimum Gasteiger partial charge on any atom is -0.850 e. The highest BCUT2D eigenvalue weighted by atomic mass is 16.5. The van der Waals surface area contributed by atoms with Crippen LogP contribution in [0.4, 0.5) is 0 Å². The number of ether oxygens (including phenoxy) is 1. The van der Waals surface area contributed by atoms with E-state index in [1.54, 1.807) is 19.4 Å². The van der Waals surface area contributed by atoms with Crippen molar-refractivity contribution in [2.24, 2.45) is 0 Å². The summed E-state index contributed by atoms with van der Waals surface area (Å²) < 4.78 is 6.00. The fourth-order valence-corrected chi connectivity index (χ4v) is 1.26. The third kappa shape index (κ3) is 1.97. The molecule has 76 valence electrons. The molecule has 0 aromatic rings. The predicted molar refractivity (Wildman–Crippen MR) is 45.9 cm³/mol. The molecule has 0 spiro atoms. The van der Waals surface area contributed by atoms with Crippen molar-refractivity contribution in [3.05, 3.63) is 12.4 Å². The fourth-order valence-electron chi connectivity index (χ4n) is 1.26. The summed E-state index contributed by atoms with van der Waals surface area (Å²) in [6, 6.07) is 0. The highest BCUT2D eigenvalue weighted by Gasteiger charge is 2.31. The van der Waals surface area contributed by atoms with Gasteiger partial charge in [0.2, 0.25) is 6.20 Å². The molecule has 1 aliphatic rings. The summed E-state index contributed by atoms with van der Waals surface area (Å²) in [5.74, 6) is -0.981. The van der Waals surface area contributed by atoms with Crippen LogP contribution >= 0.6 is 0 Å². The summed E-state index contributed by atoms with van der Waals surface area (Å²) in [4.78, 5) is 11.5. The second-order valence-corrected chi connectivity index (χ2v) is 2.88. The molecule has 14 heavy (non-hydrogen) atoms. The third-order valence-electron chi connectivity index (χ3n) is 1.93. The molecule has 1 unspecified atom stereocenters. The van der Waals surface area contributed by atoms with Crippen LogP contribution in [-0.2, 0) is 9.53 Å². The second-order valence-electron chi connectivity index (χ2n) is 2.88. The largest absolute Gasteiger partial charge is 0.850 e. The van der Waals surface area contributed by atoms with Crippen molar-refractivity contribution < 1.29 is 24.1 Å². The maximum atomic E-state index is 11.0. The van der Waals surface area contributed by atoms with Crippen LogP contribution in [-0.4, -0.2) is 43.0 Å². The topological polar surface area (TPSA) is 80.7 Å². The minimum absolute atomic E-state index is 0.0251. The molecular weight excluding hydrogens is 186 g/mol. The smallest absolute Gasteiger partial charge is 0.382 e. The number of carbonyl (C=O) groups is 1. The maximum Gasteiger partial charge on any atom is 0.382 e. The number of methoxy groups -OCH3 is 1. The van der Waals surface area contributed by atoms with Crippen LogP contribution in [0, 0.1) is 5.41 Å². The third-order valence-corrected chi connectivity index (χ3v) is 1.93. The highest BCUT2D eigenvalue weighted by molar-refractivity contribution is 6.28. The van der Waals surface area contributed by atoms with Gasteiger partial charge in [0.15, 0.2) is 12.7 Å². The summed E-state index contributed by atoms with van der Waals surface area (Å²) in [5.41, 5.74) is 0. The van der Waals surface area contributed by atoms with Gasteiger partial charge in [0.25, 0.3) is 0 Å². The van der Waals surface area contributed by atoms with Gasteiger partial charge < -0.3 is 15.3 Å². The molecule has 0 saturated carbocycles. The molecule has 1 atom stereocenters. The fraction of sp³-hybridized carbons (Fsp3) is 0.375. The van der Waals surface area contributed by atoms with Crippen molar-refractivity contribution in [1.29, 1.82) is 5.41 Å². The summed E-state index contributed by atoms with van der Waals surface area (Å²) in [7, 11) is 2.94. The normalized spacial score (nSPS) is 20.0. The van der Waals surface area contributed by atoms with E-state index < -0.39 is 11.9 Å². The van der Waals surface area contributed by atoms with Crippen molar-refractivity contribution >= 4 is 17.7 Å². The van der Waals surface area contributed by atoms with E-state index >= 15 is 0 Å². The molecule has 1 heterocycles. The predicted octanol–water partition coefficient (Wildman–Crippen LogP) is -3.09. The number of hydrogen-bond acceptors (Lipinski definition) is 4. The zero-order chi connectivity index (χ0) is 10.7. The van der Waals surface area contributed by atoms with E-state index in [0.717, 1.165) is 0 Å². The molecule has 0 saturated heterocycles. The van der Waals surface area contributed by atoms with E-state index in [1.165, 1.54) is 11.7 Å². The molecule has 0 amide bonds. The lowest BCUT2D eigenvalue weighted by molar-refractivity contribution is -0.747. The molecule has 0 bridgehead atoms. The van der Waals surface area contributed by atoms with Crippen LogP contribution < -0.4 is 10.0 Å². The number of hydrogen-bond donors (Lipinski definition) is 2. The van der Waals surface area contributed by atoms with Crippen LogP contribution in [0.5, 0.6) is 0 Å². The molecule has 0 aromatic carbocycles. The van der Waals surface area contributed by atoms with Crippen LogP contribution in [0.25, 0.3) is 0 Å². The SMILES string of the molecule is COC(=O)C[NH+]1C=C[N+](C)=C1C(=N)[O-]. The Balaban J connectivity index is 2.78. The quantitative estimate of drug-likeness (QED) is 0.218.